The highest BCUT2D eigenvalue weighted by molar-refractivity contribution is 7.98. The second-order valence-electron chi connectivity index (χ2n) is 5.96. The second kappa shape index (κ2) is 7.48. The van der Waals surface area contributed by atoms with Gasteiger partial charge in [-0.05, 0) is 63.2 Å². The van der Waals surface area contributed by atoms with E-state index in [1.165, 1.54) is 36.1 Å². The van der Waals surface area contributed by atoms with Gasteiger partial charge in [-0.3, -0.25) is 4.90 Å². The third-order valence-corrected chi connectivity index (χ3v) is 5.65. The Balaban J connectivity index is 2.07. The summed E-state index contributed by atoms with van der Waals surface area (Å²) in [4.78, 5) is 3.88. The second-order valence-corrected chi connectivity index (χ2v) is 6.84. The van der Waals surface area contributed by atoms with Crippen LogP contribution in [0.25, 0.3) is 0 Å². The molecule has 20 heavy (non-hydrogen) atoms. The van der Waals surface area contributed by atoms with E-state index in [-0.39, 0.29) is 0 Å². The zero-order valence-corrected chi connectivity index (χ0v) is 13.8. The lowest BCUT2D eigenvalue weighted by Crippen LogP contribution is -2.44. The Labute approximate surface area is 128 Å². The van der Waals surface area contributed by atoms with E-state index in [1.807, 2.05) is 0 Å². The van der Waals surface area contributed by atoms with E-state index < -0.39 is 0 Å². The molecule has 0 aliphatic heterocycles. The maximum Gasteiger partial charge on any atom is 0.0319 e. The predicted octanol–water partition coefficient (Wildman–Crippen LogP) is 3.92. The molecule has 3 unspecified atom stereocenters. The standard InChI is InChI=1S/C17H28N2S/c1-13(14-8-10-16(20-3)11-9-14)19(2)17-7-5-4-6-15(17)12-18/h8-11,13,15,17H,4-7,12,18H2,1-3H3. The van der Waals surface area contributed by atoms with Gasteiger partial charge in [0, 0.05) is 17.0 Å². The first-order valence-corrected chi connectivity index (χ1v) is 8.95. The molecule has 0 bridgehead atoms. The lowest BCUT2D eigenvalue weighted by Gasteiger charge is -2.40. The van der Waals surface area contributed by atoms with E-state index in [2.05, 4.69) is 49.4 Å². The molecule has 0 aromatic heterocycles. The van der Waals surface area contributed by atoms with Crippen LogP contribution in [0.4, 0.5) is 0 Å². The quantitative estimate of drug-likeness (QED) is 0.834. The van der Waals surface area contributed by atoms with Crippen molar-refractivity contribution < 1.29 is 0 Å². The Bertz CT molecular complexity index is 404. The first-order valence-electron chi connectivity index (χ1n) is 7.73. The summed E-state index contributed by atoms with van der Waals surface area (Å²) in [6, 6.07) is 10.1. The smallest absolute Gasteiger partial charge is 0.0319 e. The van der Waals surface area contributed by atoms with Crippen LogP contribution in [-0.4, -0.2) is 30.8 Å². The summed E-state index contributed by atoms with van der Waals surface area (Å²) in [5.41, 5.74) is 7.39. The fraction of sp³-hybridized carbons (Fsp3) is 0.647. The molecule has 3 heteroatoms. The zero-order valence-electron chi connectivity index (χ0n) is 13.0. The lowest BCUT2D eigenvalue weighted by atomic mass is 9.83. The number of thioether (sulfide) groups is 1. The summed E-state index contributed by atoms with van der Waals surface area (Å²) in [5, 5.41) is 0. The molecule has 2 nitrogen and oxygen atoms in total. The molecule has 1 aromatic carbocycles. The monoisotopic (exact) mass is 292 g/mol. The molecule has 0 saturated heterocycles. The molecular weight excluding hydrogens is 264 g/mol. The van der Waals surface area contributed by atoms with Crippen LogP contribution in [0.3, 0.4) is 0 Å². The van der Waals surface area contributed by atoms with Crippen molar-refractivity contribution in [3.63, 3.8) is 0 Å². The molecule has 2 N–H and O–H groups in total. The Morgan fingerprint density at radius 2 is 1.90 bits per heavy atom. The topological polar surface area (TPSA) is 29.3 Å². The summed E-state index contributed by atoms with van der Waals surface area (Å²) in [5.74, 6) is 0.668. The van der Waals surface area contributed by atoms with Crippen molar-refractivity contribution in [1.82, 2.24) is 4.90 Å². The highest BCUT2D eigenvalue weighted by atomic mass is 32.2. The van der Waals surface area contributed by atoms with Gasteiger partial charge in [0.15, 0.2) is 0 Å². The van der Waals surface area contributed by atoms with Gasteiger partial charge in [-0.2, -0.15) is 0 Å². The van der Waals surface area contributed by atoms with Gasteiger partial charge in [-0.1, -0.05) is 25.0 Å². The fourth-order valence-corrected chi connectivity index (χ4v) is 3.81. The van der Waals surface area contributed by atoms with Gasteiger partial charge in [-0.25, -0.2) is 0 Å². The van der Waals surface area contributed by atoms with E-state index in [9.17, 15) is 0 Å². The van der Waals surface area contributed by atoms with E-state index >= 15 is 0 Å². The van der Waals surface area contributed by atoms with E-state index in [1.54, 1.807) is 11.8 Å². The Morgan fingerprint density at radius 3 is 2.50 bits per heavy atom. The predicted molar refractivity (Wildman–Crippen MR) is 89.2 cm³/mol. The molecule has 0 heterocycles. The molecule has 0 amide bonds. The highest BCUT2D eigenvalue weighted by Gasteiger charge is 2.29. The minimum Gasteiger partial charge on any atom is -0.330 e. The van der Waals surface area contributed by atoms with Gasteiger partial charge in [0.1, 0.15) is 0 Å². The lowest BCUT2D eigenvalue weighted by molar-refractivity contribution is 0.0989. The van der Waals surface area contributed by atoms with Crippen molar-refractivity contribution in [3.05, 3.63) is 29.8 Å². The van der Waals surface area contributed by atoms with Gasteiger partial charge >= 0.3 is 0 Å². The van der Waals surface area contributed by atoms with E-state index in [0.29, 0.717) is 18.0 Å². The SMILES string of the molecule is CSc1ccc(C(C)N(C)C2CCCCC2CN)cc1. The number of hydrogen-bond donors (Lipinski definition) is 1. The van der Waals surface area contributed by atoms with Gasteiger partial charge in [0.25, 0.3) is 0 Å². The molecular formula is C17H28N2S. The number of nitrogens with zero attached hydrogens (tertiary/aromatic N) is 1. The van der Waals surface area contributed by atoms with Crippen LogP contribution >= 0.6 is 11.8 Å². The molecule has 112 valence electrons. The Hall–Kier alpha value is -0.510. The average molecular weight is 292 g/mol. The van der Waals surface area contributed by atoms with Crippen molar-refractivity contribution in [2.75, 3.05) is 19.8 Å². The first-order chi connectivity index (χ1) is 9.67. The summed E-state index contributed by atoms with van der Waals surface area (Å²) in [6.45, 7) is 3.14. The van der Waals surface area contributed by atoms with Crippen LogP contribution in [0.5, 0.6) is 0 Å². The van der Waals surface area contributed by atoms with Gasteiger partial charge in [0.2, 0.25) is 0 Å². The van der Waals surface area contributed by atoms with Gasteiger partial charge < -0.3 is 5.73 Å². The Morgan fingerprint density at radius 1 is 1.25 bits per heavy atom. The maximum absolute atomic E-state index is 5.98. The van der Waals surface area contributed by atoms with Crippen LogP contribution in [0.15, 0.2) is 29.2 Å². The van der Waals surface area contributed by atoms with Crippen molar-refractivity contribution >= 4 is 11.8 Å². The molecule has 0 spiro atoms. The first kappa shape index (κ1) is 15.9. The minimum atomic E-state index is 0.461. The molecule has 1 aromatic rings. The number of benzene rings is 1. The van der Waals surface area contributed by atoms with Crippen molar-refractivity contribution in [2.24, 2.45) is 11.7 Å². The normalized spacial score (nSPS) is 24.9. The molecule has 1 aliphatic rings. The number of rotatable bonds is 5. The van der Waals surface area contributed by atoms with Crippen LogP contribution in [0, 0.1) is 5.92 Å². The van der Waals surface area contributed by atoms with Crippen LogP contribution in [-0.2, 0) is 0 Å². The number of nitrogens with two attached hydrogens (primary N) is 1. The molecule has 2 rings (SSSR count). The highest BCUT2D eigenvalue weighted by Crippen LogP contribution is 2.32. The third kappa shape index (κ3) is 3.57. The van der Waals surface area contributed by atoms with Crippen molar-refractivity contribution in [1.29, 1.82) is 0 Å². The molecule has 1 fully saturated rings. The molecule has 1 saturated carbocycles. The average Bonchev–Trinajstić information content (AvgIpc) is 2.53. The van der Waals surface area contributed by atoms with Gasteiger partial charge in [0.05, 0.1) is 0 Å². The summed E-state index contributed by atoms with van der Waals surface area (Å²) < 4.78 is 0. The maximum atomic E-state index is 5.98. The summed E-state index contributed by atoms with van der Waals surface area (Å²) in [6.07, 6.45) is 7.42. The number of hydrogen-bond acceptors (Lipinski definition) is 3. The van der Waals surface area contributed by atoms with Crippen molar-refractivity contribution in [3.8, 4) is 0 Å². The molecule has 3 atom stereocenters. The Kier molecular flexibility index (Phi) is 5.94. The van der Waals surface area contributed by atoms with Crippen LogP contribution in [0.2, 0.25) is 0 Å². The van der Waals surface area contributed by atoms with Crippen molar-refractivity contribution in [2.45, 2.75) is 49.6 Å². The van der Waals surface area contributed by atoms with Gasteiger partial charge in [-0.15, -0.1) is 11.8 Å². The zero-order chi connectivity index (χ0) is 14.5. The van der Waals surface area contributed by atoms with E-state index in [4.69, 9.17) is 5.73 Å². The third-order valence-electron chi connectivity index (χ3n) is 4.90. The minimum absolute atomic E-state index is 0.461. The fourth-order valence-electron chi connectivity index (χ4n) is 3.40. The largest absolute Gasteiger partial charge is 0.330 e. The molecule has 1 aliphatic carbocycles. The summed E-state index contributed by atoms with van der Waals surface area (Å²) in [7, 11) is 2.27. The van der Waals surface area contributed by atoms with E-state index in [0.717, 1.165) is 6.54 Å². The van der Waals surface area contributed by atoms with Crippen LogP contribution in [0.1, 0.15) is 44.2 Å². The summed E-state index contributed by atoms with van der Waals surface area (Å²) >= 11 is 1.80. The molecule has 0 radical (unpaired) electrons. The van der Waals surface area contributed by atoms with Crippen LogP contribution < -0.4 is 5.73 Å².